The summed E-state index contributed by atoms with van der Waals surface area (Å²) in [6.07, 6.45) is 0.946. The van der Waals surface area contributed by atoms with Gasteiger partial charge in [0.05, 0.1) is 40.2 Å². The van der Waals surface area contributed by atoms with Crippen LogP contribution >= 0.6 is 21.2 Å². The van der Waals surface area contributed by atoms with Gasteiger partial charge in [0.25, 0.3) is 0 Å². The van der Waals surface area contributed by atoms with E-state index in [2.05, 4.69) is 0 Å². The van der Waals surface area contributed by atoms with Crippen LogP contribution in [0, 0.1) is 0 Å². The Hall–Kier alpha value is -0.380. The maximum absolute atomic E-state index is 11.2. The van der Waals surface area contributed by atoms with Crippen molar-refractivity contribution in [3.63, 3.8) is 0 Å². The first-order valence-corrected chi connectivity index (χ1v) is 9.78. The van der Waals surface area contributed by atoms with Crippen LogP contribution < -0.4 is 0 Å². The molecule has 106 valence electrons. The minimum Gasteiger partial charge on any atom is -0.466 e. The van der Waals surface area contributed by atoms with Gasteiger partial charge in [-0.05, 0) is 19.8 Å². The lowest BCUT2D eigenvalue weighted by Crippen LogP contribution is -2.10. The highest BCUT2D eigenvalue weighted by atomic mass is 127. The zero-order valence-corrected chi connectivity index (χ0v) is 13.2. The van der Waals surface area contributed by atoms with Crippen LogP contribution in [0.5, 0.6) is 0 Å². The molecule has 0 aromatic heterocycles. The molecule has 0 aromatic carbocycles. The zero-order chi connectivity index (χ0) is 14.0. The Kier molecular flexibility index (Phi) is 9.34. The highest BCUT2D eigenvalue weighted by Crippen LogP contribution is 2.06. The predicted octanol–water partition coefficient (Wildman–Crippen LogP) is 1.42. The molecule has 0 amide bonds. The molecule has 0 unspecified atom stereocenters. The summed E-state index contributed by atoms with van der Waals surface area (Å²) in [7, 11) is -3.06. The molecule has 0 saturated carbocycles. The van der Waals surface area contributed by atoms with E-state index in [0.717, 1.165) is 0 Å². The van der Waals surface area contributed by atoms with Crippen LogP contribution in [-0.2, 0) is 26.1 Å². The van der Waals surface area contributed by atoms with Crippen molar-refractivity contribution >= 4 is 40.2 Å². The maximum Gasteiger partial charge on any atom is 0.305 e. The highest BCUT2D eigenvalue weighted by molar-refractivity contribution is 14.2. The van der Waals surface area contributed by atoms with Crippen LogP contribution in [0.1, 0.15) is 32.6 Å². The van der Waals surface area contributed by atoms with Gasteiger partial charge in [0, 0.05) is 12.8 Å². The molecule has 0 heterocycles. The van der Waals surface area contributed by atoms with Crippen molar-refractivity contribution < 1.29 is 27.5 Å². The Balaban J connectivity index is 3.51. The Labute approximate surface area is 119 Å². The third-order valence-corrected chi connectivity index (χ3v) is 3.96. The lowest BCUT2D eigenvalue weighted by atomic mass is 10.3. The molecule has 0 aliphatic carbocycles. The number of ether oxygens (including phenoxy) is 2. The average molecular weight is 392 g/mol. The largest absolute Gasteiger partial charge is 0.466 e. The second-order valence-corrected chi connectivity index (χ2v) is 8.99. The molecule has 18 heavy (non-hydrogen) atoms. The third kappa shape index (κ3) is 12.1. The van der Waals surface area contributed by atoms with Crippen LogP contribution in [0.4, 0.5) is 0 Å². The molecule has 0 bridgehead atoms. The number of hydrogen-bond donors (Lipinski definition) is 0. The monoisotopic (exact) mass is 392 g/mol. The van der Waals surface area contributed by atoms with Gasteiger partial charge in [-0.3, -0.25) is 9.59 Å². The van der Waals surface area contributed by atoms with E-state index >= 15 is 0 Å². The SMILES string of the molecule is CCOC(=O)CCCOC(=O)CCCS(=O)(=O)I. The normalized spacial score (nSPS) is 11.0. The Bertz CT molecular complexity index is 365. The van der Waals surface area contributed by atoms with Crippen LogP contribution in [0.25, 0.3) is 0 Å². The molecule has 0 spiro atoms. The third-order valence-electron chi connectivity index (χ3n) is 1.86. The van der Waals surface area contributed by atoms with Gasteiger partial charge < -0.3 is 9.47 Å². The summed E-state index contributed by atoms with van der Waals surface area (Å²) >= 11 is 1.34. The second kappa shape index (κ2) is 9.54. The number of carbonyl (C=O) groups is 2. The minimum absolute atomic E-state index is 0.0362. The van der Waals surface area contributed by atoms with Gasteiger partial charge in [-0.2, -0.15) is 0 Å². The molecular weight excluding hydrogens is 375 g/mol. The number of halogens is 1. The van der Waals surface area contributed by atoms with Crippen molar-refractivity contribution in [3.8, 4) is 0 Å². The van der Waals surface area contributed by atoms with E-state index in [-0.39, 0.29) is 37.6 Å². The molecule has 0 aromatic rings. The summed E-state index contributed by atoms with van der Waals surface area (Å²) in [5.41, 5.74) is 0. The van der Waals surface area contributed by atoms with E-state index in [1.54, 1.807) is 6.92 Å². The summed E-state index contributed by atoms with van der Waals surface area (Å²) < 4.78 is 31.1. The molecule has 0 radical (unpaired) electrons. The molecule has 0 saturated heterocycles. The van der Waals surface area contributed by atoms with Crippen molar-refractivity contribution in [3.05, 3.63) is 0 Å². The van der Waals surface area contributed by atoms with Gasteiger partial charge in [0.15, 0.2) is 0 Å². The predicted molar refractivity (Wildman–Crippen MR) is 73.9 cm³/mol. The summed E-state index contributed by atoms with van der Waals surface area (Å²) in [5, 5.41) is 0. The first-order chi connectivity index (χ1) is 8.35. The first-order valence-electron chi connectivity index (χ1n) is 5.58. The van der Waals surface area contributed by atoms with Crippen molar-refractivity contribution in [1.82, 2.24) is 0 Å². The first kappa shape index (κ1) is 17.6. The number of hydrogen-bond acceptors (Lipinski definition) is 6. The quantitative estimate of drug-likeness (QED) is 0.255. The van der Waals surface area contributed by atoms with E-state index in [1.807, 2.05) is 0 Å². The Morgan fingerprint density at radius 1 is 1.06 bits per heavy atom. The summed E-state index contributed by atoms with van der Waals surface area (Å²) in [4.78, 5) is 22.1. The smallest absolute Gasteiger partial charge is 0.305 e. The number of carbonyl (C=O) groups excluding carboxylic acids is 2. The molecule has 8 heteroatoms. The minimum atomic E-state index is -3.06. The fraction of sp³-hybridized carbons (Fsp3) is 0.800. The number of rotatable bonds is 9. The second-order valence-electron chi connectivity index (χ2n) is 3.48. The average Bonchev–Trinajstić information content (AvgIpc) is 2.23. The Morgan fingerprint density at radius 3 is 2.17 bits per heavy atom. The van der Waals surface area contributed by atoms with Crippen LogP contribution in [-0.4, -0.2) is 39.3 Å². The van der Waals surface area contributed by atoms with Gasteiger partial charge in [-0.15, -0.1) is 0 Å². The lowest BCUT2D eigenvalue weighted by Gasteiger charge is -2.04. The fourth-order valence-corrected chi connectivity index (χ4v) is 2.52. The Morgan fingerprint density at radius 2 is 1.61 bits per heavy atom. The summed E-state index contributed by atoms with van der Waals surface area (Å²) in [6.45, 7) is 2.21. The van der Waals surface area contributed by atoms with Gasteiger partial charge >= 0.3 is 11.9 Å². The van der Waals surface area contributed by atoms with E-state index in [4.69, 9.17) is 9.47 Å². The molecule has 0 rings (SSSR count). The van der Waals surface area contributed by atoms with E-state index in [9.17, 15) is 18.0 Å². The molecule has 0 atom stereocenters. The van der Waals surface area contributed by atoms with Crippen LogP contribution in [0.2, 0.25) is 0 Å². The van der Waals surface area contributed by atoms with Gasteiger partial charge in [-0.1, -0.05) is 0 Å². The summed E-state index contributed by atoms with van der Waals surface area (Å²) in [5.74, 6) is -0.797. The van der Waals surface area contributed by atoms with Crippen molar-refractivity contribution in [2.45, 2.75) is 32.6 Å². The van der Waals surface area contributed by atoms with E-state index < -0.39 is 13.0 Å². The lowest BCUT2D eigenvalue weighted by molar-refractivity contribution is -0.147. The topological polar surface area (TPSA) is 86.7 Å². The molecular formula is C10H17IO6S. The molecule has 0 N–H and O–H groups in total. The van der Waals surface area contributed by atoms with Gasteiger partial charge in [0.2, 0.25) is 7.01 Å². The fourth-order valence-electron chi connectivity index (χ4n) is 1.10. The van der Waals surface area contributed by atoms with Gasteiger partial charge in [0.1, 0.15) is 0 Å². The standard InChI is InChI=1S/C10H17IO6S/c1-2-16-9(12)5-3-7-17-10(13)6-4-8-18(11,14)15/h2-8H2,1H3. The molecule has 0 aliphatic rings. The molecule has 0 aliphatic heterocycles. The molecule has 6 nitrogen and oxygen atoms in total. The van der Waals surface area contributed by atoms with Gasteiger partial charge in [-0.25, -0.2) is 8.42 Å². The van der Waals surface area contributed by atoms with Crippen molar-refractivity contribution in [2.75, 3.05) is 19.0 Å². The zero-order valence-electron chi connectivity index (χ0n) is 10.2. The maximum atomic E-state index is 11.2. The van der Waals surface area contributed by atoms with E-state index in [1.165, 1.54) is 21.2 Å². The van der Waals surface area contributed by atoms with E-state index in [0.29, 0.717) is 13.0 Å². The molecule has 0 fully saturated rings. The van der Waals surface area contributed by atoms with Crippen molar-refractivity contribution in [1.29, 1.82) is 0 Å². The number of esters is 2. The van der Waals surface area contributed by atoms with Crippen LogP contribution in [0.3, 0.4) is 0 Å². The van der Waals surface area contributed by atoms with Crippen LogP contribution in [0.15, 0.2) is 0 Å². The van der Waals surface area contributed by atoms with Crippen molar-refractivity contribution in [2.24, 2.45) is 0 Å². The highest BCUT2D eigenvalue weighted by Gasteiger charge is 2.08. The summed E-state index contributed by atoms with van der Waals surface area (Å²) in [6, 6.07) is 0.